The van der Waals surface area contributed by atoms with Crippen molar-refractivity contribution in [1.29, 1.82) is 0 Å². The summed E-state index contributed by atoms with van der Waals surface area (Å²) in [4.78, 5) is 31.1. The van der Waals surface area contributed by atoms with Crippen molar-refractivity contribution in [3.05, 3.63) is 107 Å². The van der Waals surface area contributed by atoms with Gasteiger partial charge >= 0.3 is 0 Å². The van der Waals surface area contributed by atoms with Crippen LogP contribution in [0.2, 0.25) is 0 Å². The Morgan fingerprint density at radius 3 is 1.70 bits per heavy atom. The molecule has 4 aromatic rings. The summed E-state index contributed by atoms with van der Waals surface area (Å²) in [6, 6.07) is 27.2. The third-order valence-electron chi connectivity index (χ3n) is 7.13. The van der Waals surface area contributed by atoms with E-state index in [0.29, 0.717) is 11.1 Å². The van der Waals surface area contributed by atoms with Crippen LogP contribution >= 0.6 is 0 Å². The van der Waals surface area contributed by atoms with Gasteiger partial charge < -0.3 is 9.64 Å². The number of nitrogens with zero attached hydrogens (tertiary/aromatic N) is 2. The summed E-state index contributed by atoms with van der Waals surface area (Å²) in [5, 5.41) is 0. The van der Waals surface area contributed by atoms with Crippen molar-refractivity contribution >= 4 is 34.6 Å². The smallest absolute Gasteiger partial charge is 0.266 e. The van der Waals surface area contributed by atoms with Crippen molar-refractivity contribution in [2.75, 3.05) is 9.80 Å². The number of hydrogen-bond acceptors (Lipinski definition) is 4. The van der Waals surface area contributed by atoms with E-state index in [1.54, 1.807) is 6.07 Å². The molecule has 0 saturated carbocycles. The molecular weight excluding hydrogens is 460 g/mol. The second-order valence-electron chi connectivity index (χ2n) is 10.1. The van der Waals surface area contributed by atoms with Gasteiger partial charge in [-0.1, -0.05) is 70.2 Å². The van der Waals surface area contributed by atoms with E-state index in [9.17, 15) is 9.59 Å². The molecule has 0 spiro atoms. The molecule has 0 aromatic heterocycles. The fourth-order valence-corrected chi connectivity index (χ4v) is 5.32. The van der Waals surface area contributed by atoms with Gasteiger partial charge in [0.25, 0.3) is 11.8 Å². The highest BCUT2D eigenvalue weighted by Gasteiger charge is 2.40. The maximum Gasteiger partial charge on any atom is 0.266 e. The number of amides is 2. The van der Waals surface area contributed by atoms with E-state index in [1.165, 1.54) is 4.90 Å². The molecule has 0 radical (unpaired) electrons. The van der Waals surface area contributed by atoms with Gasteiger partial charge in [-0.05, 0) is 65.4 Å². The molecule has 2 aliphatic rings. The average Bonchev–Trinajstić information content (AvgIpc) is 3.15. The number of benzene rings is 4. The lowest BCUT2D eigenvalue weighted by Crippen LogP contribution is -2.31. The van der Waals surface area contributed by atoms with Crippen molar-refractivity contribution in [3.63, 3.8) is 0 Å². The predicted octanol–water partition coefficient (Wildman–Crippen LogP) is 8.31. The van der Waals surface area contributed by atoms with Crippen LogP contribution in [0.25, 0.3) is 0 Å². The zero-order chi connectivity index (χ0) is 25.8. The topological polar surface area (TPSA) is 49.9 Å². The molecule has 2 heterocycles. The first-order valence-electron chi connectivity index (χ1n) is 12.7. The van der Waals surface area contributed by atoms with Crippen molar-refractivity contribution < 1.29 is 14.3 Å². The molecule has 5 nitrogen and oxygen atoms in total. The van der Waals surface area contributed by atoms with Crippen molar-refractivity contribution in [3.8, 4) is 11.5 Å². The molecule has 0 unspecified atom stereocenters. The molecule has 184 valence electrons. The average molecular weight is 489 g/mol. The van der Waals surface area contributed by atoms with Crippen LogP contribution in [-0.2, 0) is 0 Å². The third-order valence-corrected chi connectivity index (χ3v) is 7.13. The third kappa shape index (κ3) is 3.53. The van der Waals surface area contributed by atoms with Crippen LogP contribution in [-0.4, -0.2) is 11.8 Å². The van der Waals surface area contributed by atoms with E-state index in [4.69, 9.17) is 4.74 Å². The summed E-state index contributed by atoms with van der Waals surface area (Å²) < 4.78 is 6.14. The number of ether oxygens (including phenoxy) is 1. The molecule has 0 fully saturated rings. The molecule has 6 rings (SSSR count). The maximum absolute atomic E-state index is 13.9. The number of imide groups is 1. The zero-order valence-electron chi connectivity index (χ0n) is 21.4. The first-order chi connectivity index (χ1) is 17.9. The van der Waals surface area contributed by atoms with Gasteiger partial charge in [0, 0.05) is 5.69 Å². The quantitative estimate of drug-likeness (QED) is 0.239. The molecule has 0 bridgehead atoms. The van der Waals surface area contributed by atoms with Crippen molar-refractivity contribution in [2.24, 2.45) is 0 Å². The maximum atomic E-state index is 13.9. The highest BCUT2D eigenvalue weighted by Crippen LogP contribution is 2.50. The van der Waals surface area contributed by atoms with E-state index < -0.39 is 0 Å². The Kier molecular flexibility index (Phi) is 5.37. The lowest BCUT2D eigenvalue weighted by Gasteiger charge is -2.32. The van der Waals surface area contributed by atoms with E-state index >= 15 is 0 Å². The van der Waals surface area contributed by atoms with Crippen LogP contribution in [0.4, 0.5) is 22.7 Å². The van der Waals surface area contributed by atoms with Gasteiger partial charge in [0.15, 0.2) is 11.5 Å². The highest BCUT2D eigenvalue weighted by atomic mass is 16.5. The van der Waals surface area contributed by atoms with Crippen LogP contribution < -0.4 is 14.5 Å². The van der Waals surface area contributed by atoms with Gasteiger partial charge in [-0.25, -0.2) is 4.90 Å². The van der Waals surface area contributed by atoms with E-state index in [0.717, 1.165) is 45.4 Å². The predicted molar refractivity (Wildman–Crippen MR) is 147 cm³/mol. The van der Waals surface area contributed by atoms with E-state index in [-0.39, 0.29) is 23.7 Å². The Labute approximate surface area is 216 Å². The van der Waals surface area contributed by atoms with Crippen LogP contribution in [0.3, 0.4) is 0 Å². The number of carbonyl (C=O) groups is 2. The molecule has 5 heteroatoms. The minimum absolute atomic E-state index is 0.162. The largest absolute Gasteiger partial charge is 0.453 e. The number of fused-ring (bicyclic) bond motifs is 3. The Morgan fingerprint density at radius 1 is 0.595 bits per heavy atom. The fraction of sp³-hybridized carbons (Fsp3) is 0.188. The Bertz CT molecular complexity index is 1500. The minimum atomic E-state index is -0.285. The first kappa shape index (κ1) is 23.0. The van der Waals surface area contributed by atoms with Gasteiger partial charge in [0.1, 0.15) is 0 Å². The lowest BCUT2D eigenvalue weighted by molar-refractivity contribution is 0.0925. The second kappa shape index (κ2) is 8.63. The normalized spacial score (nSPS) is 14.1. The molecule has 0 aliphatic carbocycles. The number of para-hydroxylation sites is 5. The number of rotatable bonds is 4. The SMILES string of the molecule is CC(C)c1cccc(C(C)C)c1N1C(=O)c2ccc(N3c4ccccc4Oc4ccccc43)cc2C1=O. The van der Waals surface area contributed by atoms with Crippen molar-refractivity contribution in [2.45, 2.75) is 39.5 Å². The Morgan fingerprint density at radius 2 is 1.14 bits per heavy atom. The molecule has 2 aliphatic heterocycles. The molecule has 0 atom stereocenters. The van der Waals surface area contributed by atoms with Gasteiger partial charge in [-0.3, -0.25) is 9.59 Å². The molecule has 0 saturated heterocycles. The minimum Gasteiger partial charge on any atom is -0.453 e. The molecule has 37 heavy (non-hydrogen) atoms. The second-order valence-corrected chi connectivity index (χ2v) is 10.1. The van der Waals surface area contributed by atoms with Crippen molar-refractivity contribution in [1.82, 2.24) is 0 Å². The monoisotopic (exact) mass is 488 g/mol. The van der Waals surface area contributed by atoms with E-state index in [1.807, 2.05) is 78.9 Å². The van der Waals surface area contributed by atoms with Gasteiger partial charge in [0.05, 0.1) is 28.2 Å². The summed E-state index contributed by atoms with van der Waals surface area (Å²) in [6.07, 6.45) is 0. The van der Waals surface area contributed by atoms with Crippen LogP contribution in [0.1, 0.15) is 71.4 Å². The summed E-state index contributed by atoms with van der Waals surface area (Å²) >= 11 is 0. The number of hydrogen-bond donors (Lipinski definition) is 0. The van der Waals surface area contributed by atoms with Crippen LogP contribution in [0.5, 0.6) is 11.5 Å². The summed E-state index contributed by atoms with van der Waals surface area (Å²) in [5.41, 5.74) is 6.11. The zero-order valence-corrected chi connectivity index (χ0v) is 21.4. The summed E-state index contributed by atoms with van der Waals surface area (Å²) in [7, 11) is 0. The van der Waals surface area contributed by atoms with Gasteiger partial charge in [-0.15, -0.1) is 0 Å². The lowest BCUT2D eigenvalue weighted by atomic mass is 9.92. The standard InChI is InChI=1S/C32H28N2O3/c1-19(2)22-10-9-11-23(20(3)4)30(22)34-31(35)24-17-16-21(18-25(24)32(34)36)33-26-12-5-7-14-28(26)37-29-15-8-6-13-27(29)33/h5-20H,1-4H3. The number of anilines is 4. The van der Waals surface area contributed by atoms with Crippen LogP contribution in [0, 0.1) is 0 Å². The van der Waals surface area contributed by atoms with E-state index in [2.05, 4.69) is 32.6 Å². The number of carbonyl (C=O) groups excluding carboxylic acids is 2. The van der Waals surface area contributed by atoms with Gasteiger partial charge in [-0.2, -0.15) is 0 Å². The summed E-state index contributed by atoms with van der Waals surface area (Å²) in [5.74, 6) is 1.23. The van der Waals surface area contributed by atoms with Crippen LogP contribution in [0.15, 0.2) is 84.9 Å². The fourth-order valence-electron chi connectivity index (χ4n) is 5.32. The Balaban J connectivity index is 1.49. The molecule has 0 N–H and O–H groups in total. The molecule has 4 aromatic carbocycles. The first-order valence-corrected chi connectivity index (χ1v) is 12.7. The summed E-state index contributed by atoms with van der Waals surface area (Å²) in [6.45, 7) is 8.36. The highest BCUT2D eigenvalue weighted by molar-refractivity contribution is 6.35. The molecular formula is C32H28N2O3. The van der Waals surface area contributed by atoms with Gasteiger partial charge in [0.2, 0.25) is 0 Å². The molecule has 2 amide bonds. The Hall–Kier alpha value is -4.38.